The lowest BCUT2D eigenvalue weighted by Gasteiger charge is -2.56. The molecule has 24 heavy (non-hydrogen) atoms. The van der Waals surface area contributed by atoms with Gasteiger partial charge >= 0.3 is 0 Å². The van der Waals surface area contributed by atoms with Crippen LogP contribution in [0, 0.1) is 23.2 Å². The molecule has 134 valence electrons. The number of aliphatic hydroxyl groups is 1. The Labute approximate surface area is 144 Å². The van der Waals surface area contributed by atoms with Crippen LogP contribution in [0.4, 0.5) is 0 Å². The first-order valence-electron chi connectivity index (χ1n) is 9.25. The van der Waals surface area contributed by atoms with Crippen LogP contribution < -0.4 is 0 Å². The van der Waals surface area contributed by atoms with Gasteiger partial charge in [0, 0.05) is 6.42 Å². The second kappa shape index (κ2) is 6.06. The maximum atomic E-state index is 12.5. The molecule has 1 aliphatic heterocycles. The third-order valence-electron chi connectivity index (χ3n) is 7.00. The molecule has 0 amide bonds. The van der Waals surface area contributed by atoms with Gasteiger partial charge in [-0.25, -0.2) is 0 Å². The monoisotopic (exact) mass is 334 g/mol. The van der Waals surface area contributed by atoms with Crippen LogP contribution in [-0.4, -0.2) is 35.0 Å². The van der Waals surface area contributed by atoms with Crippen LogP contribution in [0.15, 0.2) is 11.6 Å². The average Bonchev–Trinajstić information content (AvgIpc) is 2.49. The van der Waals surface area contributed by atoms with Crippen molar-refractivity contribution in [1.29, 1.82) is 0 Å². The Morgan fingerprint density at radius 3 is 2.71 bits per heavy atom. The number of hydrogen-bond acceptors (Lipinski definition) is 4. The van der Waals surface area contributed by atoms with Crippen LogP contribution in [0.5, 0.6) is 0 Å². The van der Waals surface area contributed by atoms with E-state index in [0.29, 0.717) is 24.2 Å². The Kier molecular flexibility index (Phi) is 4.50. The SMILES string of the molecule is C[C@@H]1[C@H](CC=O)CCC2C3=CC(=O)[C@@H](C(C)(C)O)OC3CC[C@@]21C. The Morgan fingerprint density at radius 1 is 1.38 bits per heavy atom. The highest BCUT2D eigenvalue weighted by Gasteiger charge is 2.53. The lowest BCUT2D eigenvalue weighted by atomic mass is 9.50. The van der Waals surface area contributed by atoms with E-state index < -0.39 is 11.7 Å². The van der Waals surface area contributed by atoms with E-state index in [1.54, 1.807) is 19.9 Å². The summed E-state index contributed by atoms with van der Waals surface area (Å²) in [5.41, 5.74) is 0.0967. The molecule has 2 unspecified atom stereocenters. The molecule has 4 heteroatoms. The number of ether oxygens (including phenoxy) is 1. The first kappa shape index (κ1) is 17.8. The molecule has 0 aromatic carbocycles. The molecule has 0 spiro atoms. The van der Waals surface area contributed by atoms with Crippen molar-refractivity contribution in [3.8, 4) is 0 Å². The number of carbonyl (C=O) groups excluding carboxylic acids is 2. The second-order valence-electron chi connectivity index (χ2n) is 8.83. The number of fused-ring (bicyclic) bond motifs is 3. The molecule has 2 aliphatic carbocycles. The van der Waals surface area contributed by atoms with Gasteiger partial charge in [0.05, 0.1) is 11.7 Å². The fraction of sp³-hybridized carbons (Fsp3) is 0.800. The molecule has 0 aromatic heterocycles. The summed E-state index contributed by atoms with van der Waals surface area (Å²) in [5, 5.41) is 10.2. The van der Waals surface area contributed by atoms with E-state index in [2.05, 4.69) is 13.8 Å². The predicted octanol–water partition coefficient (Wildman–Crippen LogP) is 3.07. The van der Waals surface area contributed by atoms with E-state index in [-0.39, 0.29) is 17.3 Å². The van der Waals surface area contributed by atoms with Gasteiger partial charge < -0.3 is 14.6 Å². The first-order valence-corrected chi connectivity index (χ1v) is 9.25. The highest BCUT2D eigenvalue weighted by atomic mass is 16.5. The van der Waals surface area contributed by atoms with E-state index in [4.69, 9.17) is 4.74 Å². The maximum absolute atomic E-state index is 12.5. The quantitative estimate of drug-likeness (QED) is 0.806. The molecular weight excluding hydrogens is 304 g/mol. The fourth-order valence-corrected chi connectivity index (χ4v) is 5.37. The number of aldehydes is 1. The van der Waals surface area contributed by atoms with Crippen LogP contribution in [0.25, 0.3) is 0 Å². The predicted molar refractivity (Wildman–Crippen MR) is 91.4 cm³/mol. The summed E-state index contributed by atoms with van der Waals surface area (Å²) < 4.78 is 6.05. The highest BCUT2D eigenvalue weighted by molar-refractivity contribution is 5.96. The van der Waals surface area contributed by atoms with Gasteiger partial charge in [0.2, 0.25) is 0 Å². The number of rotatable bonds is 3. The largest absolute Gasteiger partial charge is 0.387 e. The van der Waals surface area contributed by atoms with Crippen molar-refractivity contribution in [2.45, 2.75) is 77.6 Å². The molecule has 4 nitrogen and oxygen atoms in total. The molecule has 0 radical (unpaired) electrons. The van der Waals surface area contributed by atoms with Crippen molar-refractivity contribution in [2.24, 2.45) is 23.2 Å². The second-order valence-corrected chi connectivity index (χ2v) is 8.83. The van der Waals surface area contributed by atoms with E-state index in [1.165, 1.54) is 0 Å². The Bertz CT molecular complexity index is 558. The van der Waals surface area contributed by atoms with E-state index in [9.17, 15) is 14.7 Å². The summed E-state index contributed by atoms with van der Waals surface area (Å²) in [7, 11) is 0. The Hall–Kier alpha value is -1.00. The van der Waals surface area contributed by atoms with Gasteiger partial charge in [0.25, 0.3) is 0 Å². The van der Waals surface area contributed by atoms with Crippen LogP contribution in [-0.2, 0) is 14.3 Å². The molecule has 0 aromatic rings. The molecule has 2 fully saturated rings. The Morgan fingerprint density at radius 2 is 2.08 bits per heavy atom. The van der Waals surface area contributed by atoms with Crippen molar-refractivity contribution in [3.63, 3.8) is 0 Å². The number of hydrogen-bond donors (Lipinski definition) is 1. The van der Waals surface area contributed by atoms with Crippen molar-refractivity contribution >= 4 is 12.1 Å². The van der Waals surface area contributed by atoms with Gasteiger partial charge in [0.15, 0.2) is 5.78 Å². The molecule has 0 saturated heterocycles. The van der Waals surface area contributed by atoms with Crippen LogP contribution in [0.2, 0.25) is 0 Å². The van der Waals surface area contributed by atoms with Crippen molar-refractivity contribution in [1.82, 2.24) is 0 Å². The minimum absolute atomic E-state index is 0.0491. The molecule has 1 heterocycles. The van der Waals surface area contributed by atoms with Gasteiger partial charge in [-0.1, -0.05) is 13.8 Å². The summed E-state index contributed by atoms with van der Waals surface area (Å²) in [6.07, 6.45) is 6.63. The van der Waals surface area contributed by atoms with Gasteiger partial charge in [-0.2, -0.15) is 0 Å². The van der Waals surface area contributed by atoms with Gasteiger partial charge in [-0.3, -0.25) is 4.79 Å². The number of ketones is 1. The van der Waals surface area contributed by atoms with E-state index >= 15 is 0 Å². The smallest absolute Gasteiger partial charge is 0.187 e. The fourth-order valence-electron chi connectivity index (χ4n) is 5.37. The minimum Gasteiger partial charge on any atom is -0.387 e. The maximum Gasteiger partial charge on any atom is 0.187 e. The summed E-state index contributed by atoms with van der Waals surface area (Å²) in [6, 6.07) is 0. The summed E-state index contributed by atoms with van der Waals surface area (Å²) in [5.74, 6) is 1.15. The topological polar surface area (TPSA) is 63.6 Å². The molecule has 1 N–H and O–H groups in total. The first-order chi connectivity index (χ1) is 11.2. The number of carbonyl (C=O) groups is 2. The van der Waals surface area contributed by atoms with Gasteiger partial charge in [-0.15, -0.1) is 0 Å². The lowest BCUT2D eigenvalue weighted by molar-refractivity contribution is -0.160. The molecular formula is C20H30O4. The van der Waals surface area contributed by atoms with Gasteiger partial charge in [0.1, 0.15) is 12.4 Å². The zero-order valence-corrected chi connectivity index (χ0v) is 15.2. The molecule has 0 bridgehead atoms. The average molecular weight is 334 g/mol. The minimum atomic E-state index is -1.16. The standard InChI is InChI=1S/C20H30O4/c1-12-13(8-10-21)5-6-15-14-11-16(22)18(19(2,3)23)24-17(14)7-9-20(12,15)4/h10-13,15,17-18,23H,5-9H2,1-4H3/t12-,13+,15?,17?,18+,20-/m1/s1. The van der Waals surface area contributed by atoms with Gasteiger partial charge in [-0.05, 0) is 74.3 Å². The molecule has 3 rings (SSSR count). The Balaban J connectivity index is 1.89. The highest BCUT2D eigenvalue weighted by Crippen LogP contribution is 2.58. The van der Waals surface area contributed by atoms with E-state index in [0.717, 1.165) is 37.5 Å². The summed E-state index contributed by atoms with van der Waals surface area (Å²) >= 11 is 0. The van der Waals surface area contributed by atoms with Crippen LogP contribution in [0.3, 0.4) is 0 Å². The summed E-state index contributed by atoms with van der Waals surface area (Å²) in [4.78, 5) is 23.5. The van der Waals surface area contributed by atoms with Crippen LogP contribution >= 0.6 is 0 Å². The van der Waals surface area contributed by atoms with Crippen molar-refractivity contribution in [3.05, 3.63) is 11.6 Å². The van der Waals surface area contributed by atoms with E-state index in [1.807, 2.05) is 0 Å². The third kappa shape index (κ3) is 2.78. The zero-order chi connectivity index (χ0) is 17.7. The normalized spacial score (nSPS) is 42.8. The van der Waals surface area contributed by atoms with Crippen molar-refractivity contribution in [2.75, 3.05) is 0 Å². The summed E-state index contributed by atoms with van der Waals surface area (Å²) in [6.45, 7) is 7.86. The zero-order valence-electron chi connectivity index (χ0n) is 15.2. The van der Waals surface area contributed by atoms with Crippen LogP contribution in [0.1, 0.15) is 59.8 Å². The third-order valence-corrected chi connectivity index (χ3v) is 7.00. The lowest BCUT2D eigenvalue weighted by Crippen LogP contribution is -2.54. The molecule has 2 saturated carbocycles. The molecule has 6 atom stereocenters. The molecule has 3 aliphatic rings. The van der Waals surface area contributed by atoms with Crippen molar-refractivity contribution < 1.29 is 19.4 Å².